The minimum atomic E-state index is -1.11. The first-order valence-corrected chi connectivity index (χ1v) is 6.82. The molecule has 110 valence electrons. The lowest BCUT2D eigenvalue weighted by molar-refractivity contribution is -0.139. The van der Waals surface area contributed by atoms with Gasteiger partial charge in [-0.3, -0.25) is 4.68 Å². The van der Waals surface area contributed by atoms with Gasteiger partial charge in [-0.1, -0.05) is 12.8 Å². The highest BCUT2D eigenvalue weighted by molar-refractivity contribution is 5.83. The predicted molar refractivity (Wildman–Crippen MR) is 72.1 cm³/mol. The molecule has 3 N–H and O–H groups in total. The molecule has 0 saturated heterocycles. The fourth-order valence-corrected chi connectivity index (χ4v) is 2.06. The summed E-state index contributed by atoms with van der Waals surface area (Å²) in [6, 6.07) is -1.54. The Balaban J connectivity index is 1.78. The Morgan fingerprint density at radius 3 is 2.85 bits per heavy atom. The largest absolute Gasteiger partial charge is 0.479 e. The first-order chi connectivity index (χ1) is 9.56. The Kier molecular flexibility index (Phi) is 4.60. The van der Waals surface area contributed by atoms with Gasteiger partial charge in [0.25, 0.3) is 0 Å². The number of carboxylic acids is 1. The molecule has 1 saturated carbocycles. The highest BCUT2D eigenvalue weighted by Gasteiger charge is 2.23. The molecule has 7 nitrogen and oxygen atoms in total. The first kappa shape index (κ1) is 14.4. The van der Waals surface area contributed by atoms with Crippen molar-refractivity contribution in [3.05, 3.63) is 18.0 Å². The molecule has 0 aromatic carbocycles. The van der Waals surface area contributed by atoms with Crippen LogP contribution in [0.5, 0.6) is 0 Å². The zero-order valence-corrected chi connectivity index (χ0v) is 11.5. The van der Waals surface area contributed by atoms with Crippen molar-refractivity contribution >= 4 is 12.0 Å². The second-order valence-corrected chi connectivity index (χ2v) is 5.20. The molecule has 0 aliphatic heterocycles. The third-order valence-electron chi connectivity index (χ3n) is 3.35. The maximum atomic E-state index is 11.7. The quantitative estimate of drug-likeness (QED) is 0.650. The number of nitrogens with zero attached hydrogens (tertiary/aromatic N) is 2. The van der Waals surface area contributed by atoms with Crippen LogP contribution in [0.3, 0.4) is 0 Å². The van der Waals surface area contributed by atoms with E-state index in [4.69, 9.17) is 5.11 Å². The summed E-state index contributed by atoms with van der Waals surface area (Å²) in [5.41, 5.74) is 0.452. The number of carbonyl (C=O) groups excluding carboxylic acids is 1. The van der Waals surface area contributed by atoms with Crippen LogP contribution in [0, 0.1) is 5.92 Å². The number of aromatic nitrogens is 2. The molecule has 0 radical (unpaired) electrons. The molecule has 1 aliphatic rings. The number of nitrogens with one attached hydrogen (secondary N) is 2. The molecule has 1 aromatic rings. The molecular formula is C13H20N4O3. The van der Waals surface area contributed by atoms with Gasteiger partial charge in [-0.25, -0.2) is 9.59 Å². The molecule has 1 aliphatic carbocycles. The van der Waals surface area contributed by atoms with Gasteiger partial charge in [-0.2, -0.15) is 5.10 Å². The van der Waals surface area contributed by atoms with Gasteiger partial charge in [0, 0.05) is 25.4 Å². The van der Waals surface area contributed by atoms with E-state index in [1.54, 1.807) is 13.2 Å². The summed E-state index contributed by atoms with van der Waals surface area (Å²) >= 11 is 0. The van der Waals surface area contributed by atoms with E-state index in [9.17, 15) is 9.59 Å². The lowest BCUT2D eigenvalue weighted by Crippen LogP contribution is -2.41. The van der Waals surface area contributed by atoms with E-state index in [-0.39, 0.29) is 0 Å². The molecule has 2 amide bonds. The summed E-state index contributed by atoms with van der Waals surface area (Å²) < 4.78 is 1.50. The predicted octanol–water partition coefficient (Wildman–Crippen LogP) is 1.04. The molecule has 1 atom stereocenters. The highest BCUT2D eigenvalue weighted by atomic mass is 16.4. The van der Waals surface area contributed by atoms with Crippen LogP contribution in [0.15, 0.2) is 12.4 Å². The number of hydrogen-bond donors (Lipinski definition) is 3. The van der Waals surface area contributed by atoms with Crippen molar-refractivity contribution in [2.75, 3.05) is 6.54 Å². The Bertz CT molecular complexity index is 482. The molecule has 0 bridgehead atoms. The minimum absolute atomic E-state index is 0.452. The van der Waals surface area contributed by atoms with E-state index in [1.807, 2.05) is 0 Å². The van der Waals surface area contributed by atoms with Crippen LogP contribution in [0.1, 0.15) is 37.3 Å². The summed E-state index contributed by atoms with van der Waals surface area (Å²) in [6.07, 6.45) is 7.68. The number of carbonyl (C=O) groups is 2. The fraction of sp³-hybridized carbons (Fsp3) is 0.615. The van der Waals surface area contributed by atoms with Crippen LogP contribution in [-0.2, 0) is 11.8 Å². The van der Waals surface area contributed by atoms with Crippen LogP contribution in [-0.4, -0.2) is 33.4 Å². The van der Waals surface area contributed by atoms with Gasteiger partial charge >= 0.3 is 12.0 Å². The summed E-state index contributed by atoms with van der Waals surface area (Å²) in [5, 5.41) is 18.2. The number of amides is 2. The third-order valence-corrected chi connectivity index (χ3v) is 3.35. The maximum absolute atomic E-state index is 11.7. The Morgan fingerprint density at radius 1 is 1.55 bits per heavy atom. The van der Waals surface area contributed by atoms with Gasteiger partial charge in [0.15, 0.2) is 6.04 Å². The van der Waals surface area contributed by atoms with E-state index < -0.39 is 18.0 Å². The molecule has 2 rings (SSSR count). The number of urea groups is 1. The Labute approximate surface area is 117 Å². The van der Waals surface area contributed by atoms with Crippen LogP contribution >= 0.6 is 0 Å². The number of aliphatic carboxylic acids is 1. The van der Waals surface area contributed by atoms with Gasteiger partial charge in [0.05, 0.1) is 6.20 Å². The zero-order valence-electron chi connectivity index (χ0n) is 11.5. The van der Waals surface area contributed by atoms with Gasteiger partial charge in [-0.05, 0) is 18.8 Å². The lowest BCUT2D eigenvalue weighted by Gasteiger charge is -2.13. The average molecular weight is 280 g/mol. The SMILES string of the molecule is Cn1cc(C(NC(=O)NCCCC2CC2)C(=O)O)cn1. The van der Waals surface area contributed by atoms with E-state index in [0.29, 0.717) is 12.1 Å². The van der Waals surface area contributed by atoms with E-state index in [2.05, 4.69) is 15.7 Å². The lowest BCUT2D eigenvalue weighted by atomic mass is 10.1. The average Bonchev–Trinajstić information content (AvgIpc) is 3.12. The standard InChI is InChI=1S/C13H20N4O3/c1-17-8-10(7-15-17)11(12(18)19)16-13(20)14-6-2-3-9-4-5-9/h7-9,11H,2-6H2,1H3,(H,18,19)(H2,14,16,20). The second kappa shape index (κ2) is 6.40. The Hall–Kier alpha value is -2.05. The summed E-state index contributed by atoms with van der Waals surface area (Å²) in [5.74, 6) is -0.270. The molecule has 1 aromatic heterocycles. The molecule has 20 heavy (non-hydrogen) atoms. The van der Waals surface area contributed by atoms with Crippen molar-refractivity contribution in [2.24, 2.45) is 13.0 Å². The van der Waals surface area contributed by atoms with Crippen molar-refractivity contribution in [1.29, 1.82) is 0 Å². The van der Waals surface area contributed by atoms with Crippen molar-refractivity contribution in [1.82, 2.24) is 20.4 Å². The van der Waals surface area contributed by atoms with Crippen LogP contribution in [0.2, 0.25) is 0 Å². The van der Waals surface area contributed by atoms with Crippen molar-refractivity contribution in [2.45, 2.75) is 31.7 Å². The van der Waals surface area contributed by atoms with Gasteiger partial charge in [0.1, 0.15) is 0 Å². The fourth-order valence-electron chi connectivity index (χ4n) is 2.06. The van der Waals surface area contributed by atoms with Crippen LogP contribution in [0.25, 0.3) is 0 Å². The van der Waals surface area contributed by atoms with Crippen molar-refractivity contribution in [3.63, 3.8) is 0 Å². The number of rotatable bonds is 7. The third kappa shape index (κ3) is 4.25. The van der Waals surface area contributed by atoms with Gasteiger partial charge in [0.2, 0.25) is 0 Å². The molecule has 1 unspecified atom stereocenters. The van der Waals surface area contributed by atoms with E-state index >= 15 is 0 Å². The van der Waals surface area contributed by atoms with Crippen molar-refractivity contribution in [3.8, 4) is 0 Å². The minimum Gasteiger partial charge on any atom is -0.479 e. The summed E-state index contributed by atoms with van der Waals surface area (Å²) in [7, 11) is 1.69. The van der Waals surface area contributed by atoms with Gasteiger partial charge < -0.3 is 15.7 Å². The normalized spacial score (nSPS) is 15.7. The molecule has 1 fully saturated rings. The smallest absolute Gasteiger partial charge is 0.331 e. The second-order valence-electron chi connectivity index (χ2n) is 5.20. The number of aryl methyl sites for hydroxylation is 1. The number of carboxylic acid groups (broad SMARTS) is 1. The van der Waals surface area contributed by atoms with Crippen LogP contribution in [0.4, 0.5) is 4.79 Å². The first-order valence-electron chi connectivity index (χ1n) is 6.82. The topological polar surface area (TPSA) is 96.2 Å². The maximum Gasteiger partial charge on any atom is 0.331 e. The van der Waals surface area contributed by atoms with E-state index in [0.717, 1.165) is 18.8 Å². The van der Waals surface area contributed by atoms with Crippen LogP contribution < -0.4 is 10.6 Å². The summed E-state index contributed by atoms with van der Waals surface area (Å²) in [4.78, 5) is 22.9. The monoisotopic (exact) mass is 280 g/mol. The zero-order chi connectivity index (χ0) is 14.5. The molecule has 1 heterocycles. The highest BCUT2D eigenvalue weighted by Crippen LogP contribution is 2.33. The summed E-state index contributed by atoms with van der Waals surface area (Å²) in [6.45, 7) is 0.571. The molecule has 0 spiro atoms. The molecular weight excluding hydrogens is 260 g/mol. The van der Waals surface area contributed by atoms with Crippen molar-refractivity contribution < 1.29 is 14.7 Å². The molecule has 7 heteroatoms. The van der Waals surface area contributed by atoms with Gasteiger partial charge in [-0.15, -0.1) is 0 Å². The number of hydrogen-bond acceptors (Lipinski definition) is 3. The van der Waals surface area contributed by atoms with E-state index in [1.165, 1.54) is 23.7 Å². The Morgan fingerprint density at radius 2 is 2.30 bits per heavy atom.